The SMILES string of the molecule is CCCN1CC[C@H]2Cc3c(cccc3C(=O)OC)C[C@@H]21. The maximum absolute atomic E-state index is 11.9. The van der Waals surface area contributed by atoms with Crippen LogP contribution >= 0.6 is 0 Å². The Labute approximate surface area is 120 Å². The van der Waals surface area contributed by atoms with E-state index in [1.54, 1.807) is 0 Å². The summed E-state index contributed by atoms with van der Waals surface area (Å²) in [6.45, 7) is 4.66. The zero-order valence-corrected chi connectivity index (χ0v) is 12.4. The highest BCUT2D eigenvalue weighted by atomic mass is 16.5. The summed E-state index contributed by atoms with van der Waals surface area (Å²) in [5.41, 5.74) is 3.36. The van der Waals surface area contributed by atoms with Gasteiger partial charge in [-0.25, -0.2) is 4.79 Å². The van der Waals surface area contributed by atoms with Crippen LogP contribution in [0.2, 0.25) is 0 Å². The van der Waals surface area contributed by atoms with E-state index in [0.29, 0.717) is 12.0 Å². The summed E-state index contributed by atoms with van der Waals surface area (Å²) >= 11 is 0. The molecule has 3 heteroatoms. The molecule has 1 aliphatic carbocycles. The van der Waals surface area contributed by atoms with E-state index in [1.165, 1.54) is 44.2 Å². The van der Waals surface area contributed by atoms with Gasteiger partial charge >= 0.3 is 5.97 Å². The van der Waals surface area contributed by atoms with Gasteiger partial charge in [0.2, 0.25) is 0 Å². The van der Waals surface area contributed by atoms with Crippen LogP contribution in [0, 0.1) is 5.92 Å². The predicted molar refractivity (Wildman–Crippen MR) is 78.9 cm³/mol. The Morgan fingerprint density at radius 2 is 2.25 bits per heavy atom. The standard InChI is InChI=1S/C17H23NO2/c1-3-8-18-9-7-13-10-15-12(11-16(13)18)5-4-6-14(15)17(19)20-2/h4-6,13,16H,3,7-11H2,1-2H3/t13-,16-/m0/s1. The second-order valence-corrected chi connectivity index (χ2v) is 6.00. The molecule has 1 aromatic rings. The van der Waals surface area contributed by atoms with E-state index in [-0.39, 0.29) is 5.97 Å². The number of hydrogen-bond donors (Lipinski definition) is 0. The third kappa shape index (κ3) is 2.24. The number of ether oxygens (including phenoxy) is 1. The first kappa shape index (κ1) is 13.6. The second-order valence-electron chi connectivity index (χ2n) is 6.00. The van der Waals surface area contributed by atoms with Gasteiger partial charge in [-0.15, -0.1) is 0 Å². The van der Waals surface area contributed by atoms with Crippen LogP contribution in [0.3, 0.4) is 0 Å². The number of carbonyl (C=O) groups excluding carboxylic acids is 1. The van der Waals surface area contributed by atoms with Crippen LogP contribution in [0.15, 0.2) is 18.2 Å². The molecule has 108 valence electrons. The molecule has 0 bridgehead atoms. The number of esters is 1. The van der Waals surface area contributed by atoms with E-state index in [0.717, 1.165) is 18.4 Å². The molecule has 1 aromatic carbocycles. The van der Waals surface area contributed by atoms with Crippen molar-refractivity contribution in [3.63, 3.8) is 0 Å². The minimum Gasteiger partial charge on any atom is -0.465 e. The van der Waals surface area contributed by atoms with Crippen molar-refractivity contribution < 1.29 is 9.53 Å². The fraction of sp³-hybridized carbons (Fsp3) is 0.588. The van der Waals surface area contributed by atoms with Crippen LogP contribution in [0.25, 0.3) is 0 Å². The number of hydrogen-bond acceptors (Lipinski definition) is 3. The summed E-state index contributed by atoms with van der Waals surface area (Å²) in [4.78, 5) is 14.5. The van der Waals surface area contributed by atoms with Gasteiger partial charge in [-0.2, -0.15) is 0 Å². The summed E-state index contributed by atoms with van der Waals surface area (Å²) in [7, 11) is 1.46. The third-order valence-electron chi connectivity index (χ3n) is 4.88. The molecule has 0 saturated carbocycles. The topological polar surface area (TPSA) is 29.5 Å². The quantitative estimate of drug-likeness (QED) is 0.793. The molecule has 1 fully saturated rings. The molecule has 2 aliphatic rings. The molecule has 0 unspecified atom stereocenters. The normalized spacial score (nSPS) is 25.1. The molecule has 1 aliphatic heterocycles. The molecule has 0 N–H and O–H groups in total. The Morgan fingerprint density at radius 1 is 1.40 bits per heavy atom. The molecule has 0 spiro atoms. The van der Waals surface area contributed by atoms with Gasteiger partial charge < -0.3 is 4.74 Å². The van der Waals surface area contributed by atoms with Crippen molar-refractivity contribution in [3.05, 3.63) is 34.9 Å². The molecule has 3 nitrogen and oxygen atoms in total. The first-order valence-electron chi connectivity index (χ1n) is 7.67. The molecular weight excluding hydrogens is 250 g/mol. The smallest absolute Gasteiger partial charge is 0.338 e. The first-order valence-corrected chi connectivity index (χ1v) is 7.67. The third-order valence-corrected chi connectivity index (χ3v) is 4.88. The van der Waals surface area contributed by atoms with Crippen LogP contribution in [0.4, 0.5) is 0 Å². The molecule has 20 heavy (non-hydrogen) atoms. The zero-order chi connectivity index (χ0) is 14.1. The molecule has 0 aromatic heterocycles. The lowest BCUT2D eigenvalue weighted by molar-refractivity contribution is 0.0598. The number of rotatable bonds is 3. The van der Waals surface area contributed by atoms with Gasteiger partial charge in [-0.3, -0.25) is 4.90 Å². The highest BCUT2D eigenvalue weighted by Crippen LogP contribution is 2.37. The molecule has 2 atom stereocenters. The maximum Gasteiger partial charge on any atom is 0.338 e. The lowest BCUT2D eigenvalue weighted by Crippen LogP contribution is -2.38. The largest absolute Gasteiger partial charge is 0.465 e. The summed E-state index contributed by atoms with van der Waals surface area (Å²) < 4.78 is 4.92. The summed E-state index contributed by atoms with van der Waals surface area (Å²) in [5, 5.41) is 0. The van der Waals surface area contributed by atoms with E-state index in [4.69, 9.17) is 4.74 Å². The van der Waals surface area contributed by atoms with Crippen molar-refractivity contribution in [2.24, 2.45) is 5.92 Å². The lowest BCUT2D eigenvalue weighted by atomic mass is 9.78. The minimum absolute atomic E-state index is 0.191. The molecule has 0 radical (unpaired) electrons. The van der Waals surface area contributed by atoms with Gasteiger partial charge in [0, 0.05) is 6.04 Å². The average molecular weight is 273 g/mol. The van der Waals surface area contributed by atoms with Crippen molar-refractivity contribution in [2.45, 2.75) is 38.6 Å². The fourth-order valence-electron chi connectivity index (χ4n) is 3.94. The Balaban J connectivity index is 1.90. The molecular formula is C17H23NO2. The van der Waals surface area contributed by atoms with Crippen molar-refractivity contribution >= 4 is 5.97 Å². The van der Waals surface area contributed by atoms with Crippen molar-refractivity contribution in [1.82, 2.24) is 4.90 Å². The number of methoxy groups -OCH3 is 1. The van der Waals surface area contributed by atoms with Gasteiger partial charge in [0.25, 0.3) is 0 Å². The maximum atomic E-state index is 11.9. The minimum atomic E-state index is -0.191. The van der Waals surface area contributed by atoms with E-state index in [1.807, 2.05) is 12.1 Å². The predicted octanol–water partition coefficient (Wildman–Crippen LogP) is 2.67. The Morgan fingerprint density at radius 3 is 3.00 bits per heavy atom. The van der Waals surface area contributed by atoms with E-state index in [2.05, 4.69) is 17.9 Å². The fourth-order valence-corrected chi connectivity index (χ4v) is 3.94. The van der Waals surface area contributed by atoms with Gasteiger partial charge in [-0.05, 0) is 61.9 Å². The van der Waals surface area contributed by atoms with Crippen LogP contribution in [0.1, 0.15) is 41.3 Å². The first-order chi connectivity index (χ1) is 9.74. The van der Waals surface area contributed by atoms with Crippen LogP contribution in [0.5, 0.6) is 0 Å². The van der Waals surface area contributed by atoms with Crippen molar-refractivity contribution in [1.29, 1.82) is 0 Å². The molecule has 3 rings (SSSR count). The zero-order valence-electron chi connectivity index (χ0n) is 12.4. The van der Waals surface area contributed by atoms with Crippen LogP contribution in [-0.4, -0.2) is 37.1 Å². The highest BCUT2D eigenvalue weighted by molar-refractivity contribution is 5.91. The van der Waals surface area contributed by atoms with Gasteiger partial charge in [0.1, 0.15) is 0 Å². The number of carbonyl (C=O) groups is 1. The highest BCUT2D eigenvalue weighted by Gasteiger charge is 2.38. The van der Waals surface area contributed by atoms with Gasteiger partial charge in [0.05, 0.1) is 12.7 Å². The number of fused-ring (bicyclic) bond motifs is 2. The van der Waals surface area contributed by atoms with Gasteiger partial charge in [-0.1, -0.05) is 19.1 Å². The number of nitrogens with zero attached hydrogens (tertiary/aromatic N) is 1. The van der Waals surface area contributed by atoms with E-state index in [9.17, 15) is 4.79 Å². The summed E-state index contributed by atoms with van der Waals surface area (Å²) in [6, 6.07) is 6.75. The Hall–Kier alpha value is -1.35. The summed E-state index contributed by atoms with van der Waals surface area (Å²) in [5.74, 6) is 0.517. The lowest BCUT2D eigenvalue weighted by Gasteiger charge is -2.33. The number of likely N-dealkylation sites (tertiary alicyclic amines) is 1. The van der Waals surface area contributed by atoms with E-state index >= 15 is 0 Å². The summed E-state index contributed by atoms with van der Waals surface area (Å²) in [6.07, 6.45) is 4.61. The van der Waals surface area contributed by atoms with Crippen molar-refractivity contribution in [2.75, 3.05) is 20.2 Å². The monoisotopic (exact) mass is 273 g/mol. The van der Waals surface area contributed by atoms with Crippen LogP contribution < -0.4 is 0 Å². The molecule has 1 saturated heterocycles. The average Bonchev–Trinajstić information content (AvgIpc) is 2.86. The molecule has 0 amide bonds. The van der Waals surface area contributed by atoms with E-state index < -0.39 is 0 Å². The van der Waals surface area contributed by atoms with Crippen molar-refractivity contribution in [3.8, 4) is 0 Å². The Kier molecular flexibility index (Phi) is 3.79. The second kappa shape index (κ2) is 5.57. The van der Waals surface area contributed by atoms with Crippen LogP contribution in [-0.2, 0) is 17.6 Å². The number of benzene rings is 1. The Bertz CT molecular complexity index is 512. The van der Waals surface area contributed by atoms with Gasteiger partial charge in [0.15, 0.2) is 0 Å². The molecule has 1 heterocycles.